The van der Waals surface area contributed by atoms with Gasteiger partial charge in [0.15, 0.2) is 5.65 Å². The zero-order valence-corrected chi connectivity index (χ0v) is 19.1. The Kier molecular flexibility index (Phi) is 6.25. The molecule has 2 amide bonds. The number of likely N-dealkylation sites (tertiary alicyclic amines) is 1. The third kappa shape index (κ3) is 4.91. The van der Waals surface area contributed by atoms with Crippen LogP contribution in [0.3, 0.4) is 0 Å². The van der Waals surface area contributed by atoms with E-state index in [1.165, 1.54) is 6.08 Å². The van der Waals surface area contributed by atoms with Crippen LogP contribution in [0, 0.1) is 0 Å². The Morgan fingerprint density at radius 1 is 1.20 bits per heavy atom. The fourth-order valence-corrected chi connectivity index (χ4v) is 4.18. The van der Waals surface area contributed by atoms with E-state index in [1.54, 1.807) is 28.2 Å². The number of aromatic nitrogens is 5. The molecular formula is C25H26N8O2. The van der Waals surface area contributed by atoms with Crippen LogP contribution in [-0.2, 0) is 11.3 Å². The van der Waals surface area contributed by atoms with E-state index in [2.05, 4.69) is 37.3 Å². The van der Waals surface area contributed by atoms with E-state index in [1.807, 2.05) is 36.5 Å². The third-order valence-corrected chi connectivity index (χ3v) is 6.12. The highest BCUT2D eigenvalue weighted by Gasteiger charge is 2.22. The second-order valence-electron chi connectivity index (χ2n) is 8.40. The Hall–Kier alpha value is -4.47. The lowest BCUT2D eigenvalue weighted by molar-refractivity contribution is -0.126. The largest absolute Gasteiger partial charge is 0.366 e. The molecule has 1 fully saturated rings. The van der Waals surface area contributed by atoms with Crippen LogP contribution in [-0.4, -0.2) is 60.6 Å². The minimum atomic E-state index is -0.227. The molecular weight excluding hydrogens is 444 g/mol. The predicted octanol–water partition coefficient (Wildman–Crippen LogP) is 2.66. The van der Waals surface area contributed by atoms with Gasteiger partial charge in [0.05, 0.1) is 17.4 Å². The SMILES string of the molecule is C=CC(=O)N1CCC(Nc2cnc3[nH]cc(C(=O)NCc4ccc(-n5cccn5)cc4)c3n2)CC1. The first kappa shape index (κ1) is 22.3. The lowest BCUT2D eigenvalue weighted by Crippen LogP contribution is -2.41. The summed E-state index contributed by atoms with van der Waals surface area (Å²) in [6.07, 6.45) is 9.85. The molecule has 0 atom stereocenters. The zero-order chi connectivity index (χ0) is 24.2. The van der Waals surface area contributed by atoms with Crippen molar-refractivity contribution < 1.29 is 9.59 Å². The maximum atomic E-state index is 12.9. The van der Waals surface area contributed by atoms with Crippen LogP contribution in [0.1, 0.15) is 28.8 Å². The summed E-state index contributed by atoms with van der Waals surface area (Å²) in [5.74, 6) is 0.338. The van der Waals surface area contributed by atoms with Gasteiger partial charge in [-0.05, 0) is 42.7 Å². The van der Waals surface area contributed by atoms with Gasteiger partial charge in [0.25, 0.3) is 5.91 Å². The summed E-state index contributed by atoms with van der Waals surface area (Å²) in [7, 11) is 0. The number of benzene rings is 1. The van der Waals surface area contributed by atoms with E-state index < -0.39 is 0 Å². The van der Waals surface area contributed by atoms with E-state index in [9.17, 15) is 9.59 Å². The van der Waals surface area contributed by atoms with Crippen LogP contribution in [0.4, 0.5) is 5.82 Å². The molecule has 3 N–H and O–H groups in total. The summed E-state index contributed by atoms with van der Waals surface area (Å²) in [6.45, 7) is 5.27. The molecule has 4 heterocycles. The number of anilines is 1. The molecule has 0 saturated carbocycles. The number of hydrogen-bond acceptors (Lipinski definition) is 6. The van der Waals surface area contributed by atoms with Gasteiger partial charge in [-0.2, -0.15) is 5.10 Å². The first-order chi connectivity index (χ1) is 17.1. The van der Waals surface area contributed by atoms with Gasteiger partial charge >= 0.3 is 0 Å². The van der Waals surface area contributed by atoms with Crippen molar-refractivity contribution in [3.05, 3.63) is 78.9 Å². The number of carbonyl (C=O) groups is 2. The van der Waals surface area contributed by atoms with Crippen molar-refractivity contribution in [3.63, 3.8) is 0 Å². The van der Waals surface area contributed by atoms with E-state index in [4.69, 9.17) is 0 Å². The van der Waals surface area contributed by atoms with Crippen molar-refractivity contribution >= 4 is 28.8 Å². The lowest BCUT2D eigenvalue weighted by atomic mass is 10.1. The van der Waals surface area contributed by atoms with E-state index in [0.29, 0.717) is 42.2 Å². The van der Waals surface area contributed by atoms with Crippen LogP contribution in [0.5, 0.6) is 0 Å². The number of rotatable bonds is 7. The topological polar surface area (TPSA) is 121 Å². The first-order valence-electron chi connectivity index (χ1n) is 11.5. The summed E-state index contributed by atoms with van der Waals surface area (Å²) in [5, 5.41) is 10.6. The quantitative estimate of drug-likeness (QED) is 0.357. The summed E-state index contributed by atoms with van der Waals surface area (Å²) >= 11 is 0. The molecule has 35 heavy (non-hydrogen) atoms. The molecule has 1 saturated heterocycles. The molecule has 10 nitrogen and oxygen atoms in total. The molecule has 1 aliphatic rings. The molecule has 0 spiro atoms. The second-order valence-corrected chi connectivity index (χ2v) is 8.40. The molecule has 1 aromatic carbocycles. The highest BCUT2D eigenvalue weighted by molar-refractivity contribution is 6.04. The number of nitrogens with zero attached hydrogens (tertiary/aromatic N) is 5. The average Bonchev–Trinajstić information content (AvgIpc) is 3.58. The van der Waals surface area contributed by atoms with Gasteiger partial charge in [-0.25, -0.2) is 14.6 Å². The zero-order valence-electron chi connectivity index (χ0n) is 19.1. The molecule has 0 bridgehead atoms. The van der Waals surface area contributed by atoms with Crippen LogP contribution < -0.4 is 10.6 Å². The normalized spacial score (nSPS) is 14.1. The Morgan fingerprint density at radius 3 is 2.71 bits per heavy atom. The smallest absolute Gasteiger partial charge is 0.255 e. The first-order valence-corrected chi connectivity index (χ1v) is 11.5. The summed E-state index contributed by atoms with van der Waals surface area (Å²) in [5.41, 5.74) is 3.44. The van der Waals surface area contributed by atoms with Crippen molar-refractivity contribution in [1.29, 1.82) is 0 Å². The number of aromatic amines is 1. The van der Waals surface area contributed by atoms with Crippen molar-refractivity contribution in [1.82, 2.24) is 34.9 Å². The fourth-order valence-electron chi connectivity index (χ4n) is 4.18. The molecule has 1 aliphatic heterocycles. The molecule has 0 radical (unpaired) electrons. The maximum Gasteiger partial charge on any atom is 0.255 e. The number of amides is 2. The molecule has 0 aliphatic carbocycles. The minimum absolute atomic E-state index is 0.0403. The van der Waals surface area contributed by atoms with Crippen molar-refractivity contribution in [2.24, 2.45) is 0 Å². The monoisotopic (exact) mass is 470 g/mol. The van der Waals surface area contributed by atoms with Crippen LogP contribution in [0.15, 0.2) is 67.8 Å². The average molecular weight is 471 g/mol. The molecule has 10 heteroatoms. The van der Waals surface area contributed by atoms with Crippen LogP contribution in [0.25, 0.3) is 16.9 Å². The predicted molar refractivity (Wildman–Crippen MR) is 132 cm³/mol. The number of fused-ring (bicyclic) bond motifs is 1. The summed E-state index contributed by atoms with van der Waals surface area (Å²) in [4.78, 5) is 38.5. The number of H-pyrrole nitrogens is 1. The van der Waals surface area contributed by atoms with Crippen molar-refractivity contribution in [3.8, 4) is 5.69 Å². The molecule has 5 rings (SSSR count). The van der Waals surface area contributed by atoms with E-state index >= 15 is 0 Å². The number of carbonyl (C=O) groups excluding carboxylic acids is 2. The Balaban J connectivity index is 1.22. The van der Waals surface area contributed by atoms with E-state index in [0.717, 1.165) is 24.1 Å². The van der Waals surface area contributed by atoms with Gasteiger partial charge in [-0.15, -0.1) is 0 Å². The lowest BCUT2D eigenvalue weighted by Gasteiger charge is -2.31. The van der Waals surface area contributed by atoms with Crippen molar-refractivity contribution in [2.45, 2.75) is 25.4 Å². The van der Waals surface area contributed by atoms with Crippen molar-refractivity contribution in [2.75, 3.05) is 18.4 Å². The van der Waals surface area contributed by atoms with Gasteiger partial charge < -0.3 is 20.5 Å². The Morgan fingerprint density at radius 2 is 2.00 bits per heavy atom. The molecule has 0 unspecified atom stereocenters. The third-order valence-electron chi connectivity index (χ3n) is 6.12. The Labute approximate surface area is 202 Å². The number of hydrogen-bond donors (Lipinski definition) is 3. The fraction of sp³-hybridized carbons (Fsp3) is 0.240. The van der Waals surface area contributed by atoms with Gasteiger partial charge in [0.2, 0.25) is 5.91 Å². The molecule has 178 valence electrons. The van der Waals surface area contributed by atoms with E-state index in [-0.39, 0.29) is 17.9 Å². The van der Waals surface area contributed by atoms with Gasteiger partial charge in [0.1, 0.15) is 11.3 Å². The standard InChI is InChI=1S/C25H26N8O2/c1-2-22(34)32-12-8-18(9-13-32)30-21-16-27-24-23(31-21)20(15-26-24)25(35)28-14-17-4-6-19(7-5-17)33-11-3-10-29-33/h2-7,10-11,15-16,18H,1,8-9,12-14H2,(H,26,27)(H,28,35)(H,30,31). The highest BCUT2D eigenvalue weighted by atomic mass is 16.2. The Bertz CT molecular complexity index is 1340. The maximum absolute atomic E-state index is 12.9. The molecule has 4 aromatic rings. The van der Waals surface area contributed by atoms with Gasteiger partial charge in [0, 0.05) is 44.3 Å². The number of nitrogens with one attached hydrogen (secondary N) is 3. The van der Waals surface area contributed by atoms with Gasteiger partial charge in [-0.1, -0.05) is 18.7 Å². The second kappa shape index (κ2) is 9.80. The summed E-state index contributed by atoms with van der Waals surface area (Å²) < 4.78 is 1.78. The molecule has 3 aromatic heterocycles. The highest BCUT2D eigenvalue weighted by Crippen LogP contribution is 2.20. The van der Waals surface area contributed by atoms with Crippen LogP contribution >= 0.6 is 0 Å². The van der Waals surface area contributed by atoms with Gasteiger partial charge in [-0.3, -0.25) is 9.59 Å². The summed E-state index contributed by atoms with van der Waals surface area (Å²) in [6, 6.07) is 9.89. The minimum Gasteiger partial charge on any atom is -0.366 e. The number of piperidine rings is 1. The van der Waals surface area contributed by atoms with Crippen LogP contribution in [0.2, 0.25) is 0 Å².